The maximum Gasteiger partial charge on any atom is 0.264 e. The molecule has 0 aliphatic heterocycles. The highest BCUT2D eigenvalue weighted by Gasteiger charge is 2.33. The van der Waals surface area contributed by atoms with E-state index < -0.39 is 24.3 Å². The Morgan fingerprint density at radius 3 is 1.03 bits per heavy atom. The van der Waals surface area contributed by atoms with Gasteiger partial charge < -0.3 is 58.3 Å². The third-order valence-electron chi connectivity index (χ3n) is 16.3. The molecule has 0 unspecified atom stereocenters. The second-order valence-corrected chi connectivity index (χ2v) is 20.8. The van der Waals surface area contributed by atoms with Gasteiger partial charge in [0, 0.05) is 66.0 Å². The second-order valence-electron chi connectivity index (χ2n) is 20.8. The fourth-order valence-corrected chi connectivity index (χ4v) is 12.4. The second kappa shape index (κ2) is 20.0. The molecule has 15 aromatic rings. The van der Waals surface area contributed by atoms with Gasteiger partial charge in [0.25, 0.3) is 11.1 Å². The molecule has 0 saturated carbocycles. The van der Waals surface area contributed by atoms with Crippen LogP contribution in [-0.4, -0.2) is 67.6 Å². The minimum Gasteiger partial charge on any atom is -0.493 e. The number of hydrogen-bond acceptors (Lipinski definition) is 16. The summed E-state index contributed by atoms with van der Waals surface area (Å²) in [5, 5.41) is 47.0. The van der Waals surface area contributed by atoms with E-state index in [1.807, 2.05) is 60.7 Å². The number of fused-ring (bicyclic) bond motifs is 10. The Labute approximate surface area is 485 Å². The number of rotatable bonds is 16. The molecule has 15 rings (SSSR count). The molecule has 0 atom stereocenters. The lowest BCUT2D eigenvalue weighted by Crippen LogP contribution is -2.15. The molecule has 18 nitrogen and oxygen atoms in total. The zero-order valence-corrected chi connectivity index (χ0v) is 46.3. The van der Waals surface area contributed by atoms with Crippen molar-refractivity contribution >= 4 is 98.0 Å². The highest BCUT2D eigenvalue weighted by Crippen LogP contribution is 2.58. The Kier molecular flexibility index (Phi) is 12.1. The standard InChI is InChI=1S/C68H48N4O14/c1-79-49-19-17-39(23-51(49)81-3)85-55-27-43-57-41(65-69-45-9-5-7-11-47(45)71(65)67(43)77)25-53(83-37-15-13-33(29-73)35(21-37)31-75)59-60-54(84-38-16-14-34(30-74)36(22-38)32-76)26-42-58-44(68(78)72-48-12-8-6-10-46(48)70-66(42)72)28-56(62(64(58)60)61(55)63(57)59)86-40-18-20-50(80-2)52(24-40)82-4/h5-28,73-76H,29-32H2,1-4H3. The molecule has 4 aromatic heterocycles. The van der Waals surface area contributed by atoms with Gasteiger partial charge in [-0.25, -0.2) is 9.97 Å². The zero-order chi connectivity index (χ0) is 58.8. The molecule has 4 N–H and O–H groups in total. The van der Waals surface area contributed by atoms with Gasteiger partial charge in [0.15, 0.2) is 23.0 Å². The van der Waals surface area contributed by atoms with Gasteiger partial charge in [0.2, 0.25) is 0 Å². The molecule has 0 aliphatic rings. The van der Waals surface area contributed by atoms with Crippen LogP contribution in [-0.2, 0) is 26.4 Å². The van der Waals surface area contributed by atoms with E-state index in [4.69, 9.17) is 47.9 Å². The van der Waals surface area contributed by atoms with Gasteiger partial charge in [-0.3, -0.25) is 18.4 Å². The van der Waals surface area contributed by atoms with Gasteiger partial charge in [-0.2, -0.15) is 0 Å². The predicted molar refractivity (Wildman–Crippen MR) is 326 cm³/mol. The van der Waals surface area contributed by atoms with E-state index in [0.717, 1.165) is 0 Å². The van der Waals surface area contributed by atoms with Crippen molar-refractivity contribution in [1.29, 1.82) is 0 Å². The molecule has 18 heteroatoms. The van der Waals surface area contributed by atoms with Crippen LogP contribution in [0.3, 0.4) is 0 Å². The van der Waals surface area contributed by atoms with Crippen molar-refractivity contribution in [1.82, 2.24) is 18.8 Å². The van der Waals surface area contributed by atoms with Crippen molar-refractivity contribution in [2.75, 3.05) is 28.4 Å². The summed E-state index contributed by atoms with van der Waals surface area (Å²) >= 11 is 0. The molecule has 0 radical (unpaired) electrons. The number of aliphatic hydroxyl groups is 4. The van der Waals surface area contributed by atoms with Crippen molar-refractivity contribution < 1.29 is 58.3 Å². The van der Waals surface area contributed by atoms with Crippen LogP contribution in [0, 0.1) is 0 Å². The Bertz CT molecular complexity index is 5080. The zero-order valence-electron chi connectivity index (χ0n) is 46.3. The monoisotopic (exact) mass is 1140 g/mol. The third-order valence-corrected chi connectivity index (χ3v) is 16.3. The highest BCUT2D eigenvalue weighted by atomic mass is 16.5. The molecule has 0 saturated heterocycles. The molecule has 424 valence electrons. The topological polar surface area (TPSA) is 223 Å². The molecule has 0 aliphatic carbocycles. The quantitative estimate of drug-likeness (QED) is 0.0521. The van der Waals surface area contributed by atoms with Gasteiger partial charge in [0.1, 0.15) is 57.3 Å². The lowest BCUT2D eigenvalue weighted by molar-refractivity contribution is 0.259. The Hall–Kier alpha value is -10.8. The summed E-state index contributed by atoms with van der Waals surface area (Å²) in [5.74, 6) is 3.53. The van der Waals surface area contributed by atoms with Crippen LogP contribution in [0.5, 0.6) is 69.0 Å². The van der Waals surface area contributed by atoms with E-state index in [1.54, 1.807) is 93.7 Å². The van der Waals surface area contributed by atoms with Crippen molar-refractivity contribution in [2.45, 2.75) is 26.4 Å². The number of benzene rings is 11. The first kappa shape index (κ1) is 52.1. The Morgan fingerprint density at radius 2 is 0.674 bits per heavy atom. The SMILES string of the molecule is COc1ccc(Oc2cc3c(=O)n4c5ccccc5nc4c4cc(Oc5ccc(CO)c(CO)c5)c5c6c(Oc7ccc(CO)c(CO)c7)cc7c8c(cc(Oc9ccc(OC)c(OC)c9)c(c2c5c34)c68)c(=O)n2c3ccccc3nc72)cc1OC. The third kappa shape index (κ3) is 7.67. The molecule has 86 heavy (non-hydrogen) atoms. The summed E-state index contributed by atoms with van der Waals surface area (Å²) in [6, 6.07) is 42.0. The highest BCUT2D eigenvalue weighted by molar-refractivity contribution is 6.45. The molecule has 0 amide bonds. The number of nitrogens with zero attached hydrogens (tertiary/aromatic N) is 4. The number of imidazole rings is 2. The number of pyridine rings is 2. The first-order chi connectivity index (χ1) is 42.1. The van der Waals surface area contributed by atoms with Crippen LogP contribution >= 0.6 is 0 Å². The van der Waals surface area contributed by atoms with Crippen molar-refractivity contribution in [2.24, 2.45) is 0 Å². The van der Waals surface area contributed by atoms with Gasteiger partial charge in [-0.1, -0.05) is 36.4 Å². The average Bonchev–Trinajstić information content (AvgIpc) is 0.932. The number of ether oxygens (including phenoxy) is 8. The molecular formula is C68H48N4O14. The number of hydrogen-bond donors (Lipinski definition) is 4. The summed E-state index contributed by atoms with van der Waals surface area (Å²) in [6.07, 6.45) is 0. The van der Waals surface area contributed by atoms with E-state index in [-0.39, 0.29) is 58.5 Å². The van der Waals surface area contributed by atoms with Crippen LogP contribution in [0.15, 0.2) is 155 Å². The fraction of sp³-hybridized carbons (Fsp3) is 0.118. The van der Waals surface area contributed by atoms with E-state index in [0.29, 0.717) is 144 Å². The van der Waals surface area contributed by atoms with Gasteiger partial charge in [0.05, 0.1) is 87.7 Å². The van der Waals surface area contributed by atoms with Crippen molar-refractivity contribution in [3.8, 4) is 69.0 Å². The maximum atomic E-state index is 15.8. The fourth-order valence-electron chi connectivity index (χ4n) is 12.4. The summed E-state index contributed by atoms with van der Waals surface area (Å²) < 4.78 is 55.0. The summed E-state index contributed by atoms with van der Waals surface area (Å²) in [4.78, 5) is 42.0. The molecular weight excluding hydrogens is 1100 g/mol. The van der Waals surface area contributed by atoms with Crippen molar-refractivity contribution in [3.05, 3.63) is 189 Å². The summed E-state index contributed by atoms with van der Waals surface area (Å²) in [6.45, 7) is -1.52. The Morgan fingerprint density at radius 1 is 0.337 bits per heavy atom. The van der Waals surface area contributed by atoms with E-state index >= 15 is 9.59 Å². The minimum atomic E-state index is -0.415. The Balaban J connectivity index is 1.22. The van der Waals surface area contributed by atoms with Crippen molar-refractivity contribution in [3.63, 3.8) is 0 Å². The van der Waals surface area contributed by atoms with Crippen LogP contribution in [0.4, 0.5) is 0 Å². The van der Waals surface area contributed by atoms with Crippen LogP contribution in [0.1, 0.15) is 22.3 Å². The number of methoxy groups -OCH3 is 4. The normalized spacial score (nSPS) is 12.0. The molecule has 0 spiro atoms. The van der Waals surface area contributed by atoms with Crippen LogP contribution in [0.2, 0.25) is 0 Å². The molecule has 4 heterocycles. The van der Waals surface area contributed by atoms with Gasteiger partial charge in [-0.05, 0) is 119 Å². The van der Waals surface area contributed by atoms with Gasteiger partial charge >= 0.3 is 0 Å². The maximum absolute atomic E-state index is 15.8. The average molecular weight is 1150 g/mol. The van der Waals surface area contributed by atoms with E-state index in [1.165, 1.54) is 28.4 Å². The summed E-state index contributed by atoms with van der Waals surface area (Å²) in [5.41, 5.74) is 3.87. The first-order valence-corrected chi connectivity index (χ1v) is 27.3. The predicted octanol–water partition coefficient (Wildman–Crippen LogP) is 12.4. The largest absolute Gasteiger partial charge is 0.493 e. The van der Waals surface area contributed by atoms with E-state index in [2.05, 4.69) is 0 Å². The number of para-hydroxylation sites is 4. The lowest BCUT2D eigenvalue weighted by atomic mass is 9.84. The van der Waals surface area contributed by atoms with E-state index in [9.17, 15) is 20.4 Å². The molecule has 11 aromatic carbocycles. The van der Waals surface area contributed by atoms with Crippen LogP contribution < -0.4 is 49.0 Å². The lowest BCUT2D eigenvalue weighted by Gasteiger charge is -2.25. The van der Waals surface area contributed by atoms with Crippen LogP contribution in [0.25, 0.3) is 98.0 Å². The first-order valence-electron chi connectivity index (χ1n) is 27.3. The minimum absolute atomic E-state index is 0.174. The smallest absolute Gasteiger partial charge is 0.264 e. The summed E-state index contributed by atoms with van der Waals surface area (Å²) in [7, 11) is 6.10. The molecule has 0 fully saturated rings. The van der Waals surface area contributed by atoms with Gasteiger partial charge in [-0.15, -0.1) is 0 Å². The number of aliphatic hydroxyl groups excluding tert-OH is 4. The molecule has 0 bridgehead atoms. The number of aromatic nitrogens is 4.